The molecule has 1 aliphatic rings. The molecule has 1 amide bonds. The van der Waals surface area contributed by atoms with E-state index in [0.29, 0.717) is 18.0 Å². The van der Waals surface area contributed by atoms with E-state index < -0.39 is 16.1 Å². The summed E-state index contributed by atoms with van der Waals surface area (Å²) in [4.78, 5) is 13.0. The third-order valence-corrected chi connectivity index (χ3v) is 7.21. The highest BCUT2D eigenvalue weighted by molar-refractivity contribution is 7.92. The van der Waals surface area contributed by atoms with Crippen molar-refractivity contribution in [1.29, 1.82) is 0 Å². The van der Waals surface area contributed by atoms with Gasteiger partial charge in [0, 0.05) is 6.54 Å². The van der Waals surface area contributed by atoms with Gasteiger partial charge < -0.3 is 10.1 Å². The average molecular weight is 451 g/mol. The van der Waals surface area contributed by atoms with Gasteiger partial charge in [0.25, 0.3) is 15.9 Å². The number of aryl methyl sites for hydroxylation is 2. The van der Waals surface area contributed by atoms with Crippen LogP contribution < -0.4 is 14.4 Å². The SMILES string of the molecule is Cc1ccc(S(=O)(=O)N2C[C@@H](C(=O)NCCCc3ccccc3)Oc3ccccc32)cc1. The summed E-state index contributed by atoms with van der Waals surface area (Å²) in [7, 11) is -3.85. The highest BCUT2D eigenvalue weighted by atomic mass is 32.2. The van der Waals surface area contributed by atoms with Gasteiger partial charge in [-0.1, -0.05) is 60.2 Å². The molecule has 1 aliphatic heterocycles. The second-order valence-corrected chi connectivity index (χ2v) is 9.67. The summed E-state index contributed by atoms with van der Waals surface area (Å²) in [6.45, 7) is 2.30. The van der Waals surface area contributed by atoms with Crippen molar-refractivity contribution in [2.24, 2.45) is 0 Å². The van der Waals surface area contributed by atoms with E-state index in [1.165, 1.54) is 9.87 Å². The number of para-hydroxylation sites is 2. The Morgan fingerprint density at radius 3 is 2.44 bits per heavy atom. The maximum atomic E-state index is 13.4. The lowest BCUT2D eigenvalue weighted by atomic mass is 10.1. The van der Waals surface area contributed by atoms with E-state index in [9.17, 15) is 13.2 Å². The van der Waals surface area contributed by atoms with Crippen molar-refractivity contribution in [2.45, 2.75) is 30.8 Å². The first-order valence-corrected chi connectivity index (χ1v) is 12.1. The Hall–Kier alpha value is -3.32. The van der Waals surface area contributed by atoms with E-state index in [1.54, 1.807) is 48.5 Å². The number of fused-ring (bicyclic) bond motifs is 1. The number of nitrogens with zero attached hydrogens (tertiary/aromatic N) is 1. The quantitative estimate of drug-likeness (QED) is 0.557. The molecule has 7 heteroatoms. The Balaban J connectivity index is 1.48. The minimum absolute atomic E-state index is 0.0856. The van der Waals surface area contributed by atoms with Gasteiger partial charge in [0.05, 0.1) is 17.1 Å². The molecule has 1 atom stereocenters. The molecule has 166 valence electrons. The molecule has 3 aromatic carbocycles. The van der Waals surface area contributed by atoms with Crippen LogP contribution in [-0.4, -0.2) is 33.5 Å². The summed E-state index contributed by atoms with van der Waals surface area (Å²) in [5, 5.41) is 2.89. The van der Waals surface area contributed by atoms with Gasteiger partial charge >= 0.3 is 0 Å². The lowest BCUT2D eigenvalue weighted by Gasteiger charge is -2.34. The van der Waals surface area contributed by atoms with Gasteiger partial charge in [-0.15, -0.1) is 0 Å². The van der Waals surface area contributed by atoms with Gasteiger partial charge in [-0.05, 0) is 49.6 Å². The van der Waals surface area contributed by atoms with Crippen LogP contribution >= 0.6 is 0 Å². The monoisotopic (exact) mass is 450 g/mol. The minimum Gasteiger partial charge on any atom is -0.476 e. The zero-order chi connectivity index (χ0) is 22.6. The van der Waals surface area contributed by atoms with Crippen LogP contribution in [0.15, 0.2) is 83.8 Å². The number of carbonyl (C=O) groups excluding carboxylic acids is 1. The average Bonchev–Trinajstić information content (AvgIpc) is 2.82. The second-order valence-electron chi connectivity index (χ2n) is 7.80. The fraction of sp³-hybridized carbons (Fsp3) is 0.240. The van der Waals surface area contributed by atoms with E-state index in [2.05, 4.69) is 17.4 Å². The molecule has 0 fully saturated rings. The number of benzene rings is 3. The van der Waals surface area contributed by atoms with Crippen molar-refractivity contribution in [2.75, 3.05) is 17.4 Å². The van der Waals surface area contributed by atoms with Crippen molar-refractivity contribution in [3.63, 3.8) is 0 Å². The van der Waals surface area contributed by atoms with Gasteiger partial charge in [0.1, 0.15) is 5.75 Å². The molecule has 3 aromatic rings. The molecule has 0 saturated heterocycles. The molecule has 0 spiro atoms. The number of nitrogens with one attached hydrogen (secondary N) is 1. The third kappa shape index (κ3) is 4.78. The summed E-state index contributed by atoms with van der Waals surface area (Å²) >= 11 is 0. The van der Waals surface area contributed by atoms with E-state index >= 15 is 0 Å². The van der Waals surface area contributed by atoms with Crippen LogP contribution in [0.4, 0.5) is 5.69 Å². The molecule has 0 bridgehead atoms. The number of ether oxygens (including phenoxy) is 1. The highest BCUT2D eigenvalue weighted by Gasteiger charge is 2.37. The van der Waals surface area contributed by atoms with Crippen molar-refractivity contribution in [3.05, 3.63) is 90.0 Å². The van der Waals surface area contributed by atoms with Crippen LogP contribution in [0.2, 0.25) is 0 Å². The number of rotatable bonds is 7. The lowest BCUT2D eigenvalue weighted by molar-refractivity contribution is -0.127. The standard InChI is InChI=1S/C25H26N2O4S/c1-19-13-15-21(16-14-19)32(29,30)27-18-24(31-23-12-6-5-11-22(23)27)25(28)26-17-7-10-20-8-3-2-4-9-20/h2-6,8-9,11-16,24H,7,10,17-18H2,1H3,(H,26,28)/t24-/m0/s1. The van der Waals surface area contributed by atoms with E-state index in [1.807, 2.05) is 25.1 Å². The molecule has 0 unspecified atom stereocenters. The molecule has 6 nitrogen and oxygen atoms in total. The predicted octanol–water partition coefficient (Wildman–Crippen LogP) is 3.70. The van der Waals surface area contributed by atoms with Gasteiger partial charge in [0.2, 0.25) is 0 Å². The van der Waals surface area contributed by atoms with Gasteiger partial charge in [-0.25, -0.2) is 8.42 Å². The predicted molar refractivity (Wildman–Crippen MR) is 124 cm³/mol. The minimum atomic E-state index is -3.85. The molecule has 0 saturated carbocycles. The summed E-state index contributed by atoms with van der Waals surface area (Å²) in [6.07, 6.45) is 0.704. The first-order valence-electron chi connectivity index (χ1n) is 10.6. The number of sulfonamides is 1. The Bertz CT molecular complexity index is 1180. The molecular weight excluding hydrogens is 424 g/mol. The Morgan fingerprint density at radius 2 is 1.69 bits per heavy atom. The van der Waals surface area contributed by atoms with Crippen molar-refractivity contribution < 1.29 is 17.9 Å². The number of amides is 1. The normalized spacial score (nSPS) is 15.5. The van der Waals surface area contributed by atoms with Crippen LogP contribution in [0.3, 0.4) is 0 Å². The van der Waals surface area contributed by atoms with E-state index in [-0.39, 0.29) is 17.3 Å². The van der Waals surface area contributed by atoms with Crippen LogP contribution in [0, 0.1) is 6.92 Å². The summed E-state index contributed by atoms with van der Waals surface area (Å²) < 4.78 is 33.9. The number of hydrogen-bond acceptors (Lipinski definition) is 4. The second kappa shape index (κ2) is 9.44. The zero-order valence-corrected chi connectivity index (χ0v) is 18.7. The Kier molecular flexibility index (Phi) is 6.46. The van der Waals surface area contributed by atoms with Crippen LogP contribution in [-0.2, 0) is 21.2 Å². The molecule has 1 heterocycles. The Labute approximate surface area is 188 Å². The van der Waals surface area contributed by atoms with Crippen molar-refractivity contribution in [3.8, 4) is 5.75 Å². The van der Waals surface area contributed by atoms with Gasteiger partial charge in [-0.2, -0.15) is 0 Å². The molecule has 0 radical (unpaired) electrons. The number of hydrogen-bond donors (Lipinski definition) is 1. The Morgan fingerprint density at radius 1 is 1.00 bits per heavy atom. The molecule has 0 aliphatic carbocycles. The largest absolute Gasteiger partial charge is 0.476 e. The van der Waals surface area contributed by atoms with Crippen LogP contribution in [0.1, 0.15) is 17.5 Å². The van der Waals surface area contributed by atoms with Crippen LogP contribution in [0.25, 0.3) is 0 Å². The molecule has 0 aromatic heterocycles. The number of anilines is 1. The summed E-state index contributed by atoms with van der Waals surface area (Å²) in [5.74, 6) is 0.0514. The topological polar surface area (TPSA) is 75.7 Å². The molecule has 32 heavy (non-hydrogen) atoms. The summed E-state index contributed by atoms with van der Waals surface area (Å²) in [5.41, 5.74) is 2.61. The van der Waals surface area contributed by atoms with Crippen molar-refractivity contribution >= 4 is 21.6 Å². The zero-order valence-electron chi connectivity index (χ0n) is 17.9. The van der Waals surface area contributed by atoms with Crippen LogP contribution in [0.5, 0.6) is 5.75 Å². The molecular formula is C25H26N2O4S. The van der Waals surface area contributed by atoms with E-state index in [4.69, 9.17) is 4.74 Å². The first kappa shape index (κ1) is 21.9. The van der Waals surface area contributed by atoms with E-state index in [0.717, 1.165) is 18.4 Å². The summed E-state index contributed by atoms with van der Waals surface area (Å²) in [6, 6.07) is 23.6. The molecule has 4 rings (SSSR count). The van der Waals surface area contributed by atoms with Gasteiger partial charge in [0.15, 0.2) is 6.10 Å². The first-order chi connectivity index (χ1) is 15.4. The highest BCUT2D eigenvalue weighted by Crippen LogP contribution is 2.36. The maximum absolute atomic E-state index is 13.4. The third-order valence-electron chi connectivity index (χ3n) is 5.42. The van der Waals surface area contributed by atoms with Gasteiger partial charge in [-0.3, -0.25) is 9.10 Å². The lowest BCUT2D eigenvalue weighted by Crippen LogP contribution is -2.50. The fourth-order valence-electron chi connectivity index (χ4n) is 3.67. The van der Waals surface area contributed by atoms with Crippen molar-refractivity contribution in [1.82, 2.24) is 5.32 Å². The number of carbonyl (C=O) groups is 1. The smallest absolute Gasteiger partial charge is 0.264 e. The fourth-order valence-corrected chi connectivity index (χ4v) is 5.14. The molecule has 1 N–H and O–H groups in total. The maximum Gasteiger partial charge on any atom is 0.264 e.